The summed E-state index contributed by atoms with van der Waals surface area (Å²) in [7, 11) is 0. The molecule has 0 bridgehead atoms. The zero-order chi connectivity index (χ0) is 14.8. The van der Waals surface area contributed by atoms with Gasteiger partial charge in [0.1, 0.15) is 28.6 Å². The van der Waals surface area contributed by atoms with Crippen LogP contribution in [0.1, 0.15) is 19.2 Å². The molecular weight excluding hydrogens is 425 g/mol. The second kappa shape index (κ2) is 4.95. The lowest BCUT2D eigenvalue weighted by molar-refractivity contribution is -0.146. The third-order valence-electron chi connectivity index (χ3n) is 3.72. The van der Waals surface area contributed by atoms with E-state index >= 15 is 0 Å². The van der Waals surface area contributed by atoms with Gasteiger partial charge in [-0.15, -0.1) is 11.8 Å². The fourth-order valence-corrected chi connectivity index (χ4v) is 5.53. The third-order valence-corrected chi connectivity index (χ3v) is 6.19. The number of rotatable bonds is 1. The van der Waals surface area contributed by atoms with E-state index in [1.807, 2.05) is 25.6 Å². The monoisotopic (exact) mass is 437 g/mol. The largest absolute Gasteiger partial charge is 0.344 e. The van der Waals surface area contributed by atoms with E-state index in [0.29, 0.717) is 5.15 Å². The minimum Gasteiger partial charge on any atom is -0.344 e. The number of aromatic nitrogens is 3. The first kappa shape index (κ1) is 14.5. The molecule has 0 amide bonds. The number of fused-ring (bicyclic) bond motifs is 2. The van der Waals surface area contributed by atoms with Crippen molar-refractivity contribution in [3.05, 3.63) is 21.2 Å². The number of hydrogen-bond donors (Lipinski definition) is 0. The van der Waals surface area contributed by atoms with Gasteiger partial charge in [-0.25, -0.2) is 9.97 Å². The van der Waals surface area contributed by atoms with Crippen molar-refractivity contribution < 1.29 is 9.47 Å². The Morgan fingerprint density at radius 2 is 2.24 bits per heavy atom. The molecule has 8 heteroatoms. The Kier molecular flexibility index (Phi) is 3.42. The predicted octanol–water partition coefficient (Wildman–Crippen LogP) is 3.45. The first-order valence-electron chi connectivity index (χ1n) is 6.60. The Morgan fingerprint density at radius 3 is 3.05 bits per heavy atom. The van der Waals surface area contributed by atoms with Gasteiger partial charge < -0.3 is 14.0 Å². The molecule has 4 heterocycles. The molecule has 2 aliphatic rings. The molecule has 0 N–H and O–H groups in total. The second-order valence-corrected chi connectivity index (χ2v) is 8.28. The van der Waals surface area contributed by atoms with Crippen molar-refractivity contribution in [2.75, 3.05) is 5.75 Å². The van der Waals surface area contributed by atoms with E-state index in [4.69, 9.17) is 21.1 Å². The maximum atomic E-state index is 6.21. The summed E-state index contributed by atoms with van der Waals surface area (Å²) in [6.07, 6.45) is 3.73. The molecule has 3 atom stereocenters. The van der Waals surface area contributed by atoms with Crippen LogP contribution in [0.4, 0.5) is 0 Å². The highest BCUT2D eigenvalue weighted by atomic mass is 127. The Hall–Kier alpha value is -0.0900. The Balaban J connectivity index is 1.80. The van der Waals surface area contributed by atoms with Gasteiger partial charge in [-0.05, 0) is 36.4 Å². The molecule has 0 spiro atoms. The maximum absolute atomic E-state index is 6.21. The molecule has 4 rings (SSSR count). The van der Waals surface area contributed by atoms with E-state index < -0.39 is 5.79 Å². The molecule has 0 saturated carbocycles. The highest BCUT2D eigenvalue weighted by Crippen LogP contribution is 2.48. The standard InChI is InChI=1S/C13H13ClIN3O2S/c1-13(2)19-7-4-21-12(9(7)20-13)18-3-6(15)8-10(14)16-5-17-11(8)18/h3,5,7,9,12H,4H2,1-2H3/t7?,9-,12+/m0/s1. The van der Waals surface area contributed by atoms with Crippen LogP contribution in [-0.4, -0.2) is 38.3 Å². The van der Waals surface area contributed by atoms with Gasteiger partial charge in [-0.3, -0.25) is 0 Å². The van der Waals surface area contributed by atoms with Crippen LogP contribution in [0, 0.1) is 3.57 Å². The summed E-state index contributed by atoms with van der Waals surface area (Å²) in [4.78, 5) is 8.48. The van der Waals surface area contributed by atoms with Gasteiger partial charge in [0.15, 0.2) is 5.79 Å². The van der Waals surface area contributed by atoms with Crippen molar-refractivity contribution in [2.24, 2.45) is 0 Å². The van der Waals surface area contributed by atoms with E-state index in [2.05, 4.69) is 43.3 Å². The van der Waals surface area contributed by atoms with Gasteiger partial charge in [0, 0.05) is 15.5 Å². The fourth-order valence-electron chi connectivity index (χ4n) is 2.96. The summed E-state index contributed by atoms with van der Waals surface area (Å²) < 4.78 is 15.2. The lowest BCUT2D eigenvalue weighted by atomic mass is 10.2. The molecule has 5 nitrogen and oxygen atoms in total. The summed E-state index contributed by atoms with van der Waals surface area (Å²) in [5, 5.41) is 1.54. The van der Waals surface area contributed by atoms with Crippen molar-refractivity contribution in [3.8, 4) is 0 Å². The van der Waals surface area contributed by atoms with Crippen LogP contribution in [-0.2, 0) is 9.47 Å². The molecule has 0 aromatic carbocycles. The summed E-state index contributed by atoms with van der Waals surface area (Å²) in [5.41, 5.74) is 0.853. The highest BCUT2D eigenvalue weighted by molar-refractivity contribution is 14.1. The lowest BCUT2D eigenvalue weighted by Gasteiger charge is -2.22. The van der Waals surface area contributed by atoms with Crippen molar-refractivity contribution >= 4 is 57.0 Å². The average molecular weight is 438 g/mol. The quantitative estimate of drug-likeness (QED) is 0.505. The second-order valence-electron chi connectivity index (χ2n) is 5.61. The minimum absolute atomic E-state index is 0.0325. The van der Waals surface area contributed by atoms with Gasteiger partial charge in [0.05, 0.1) is 11.5 Å². The highest BCUT2D eigenvalue weighted by Gasteiger charge is 2.50. The van der Waals surface area contributed by atoms with Crippen molar-refractivity contribution in [2.45, 2.75) is 37.2 Å². The first-order valence-corrected chi connectivity index (χ1v) is 9.10. The Labute approximate surface area is 144 Å². The molecular formula is C13H13ClIN3O2S. The van der Waals surface area contributed by atoms with E-state index in [1.165, 1.54) is 6.33 Å². The van der Waals surface area contributed by atoms with Crippen LogP contribution in [0.5, 0.6) is 0 Å². The zero-order valence-electron chi connectivity index (χ0n) is 11.4. The minimum atomic E-state index is -0.517. The molecule has 2 aromatic rings. The van der Waals surface area contributed by atoms with Crippen LogP contribution >= 0.6 is 46.0 Å². The van der Waals surface area contributed by atoms with Gasteiger partial charge in [-0.1, -0.05) is 11.6 Å². The SMILES string of the molecule is CC1(C)OC2CS[C@@H](n3cc(I)c4c(Cl)ncnc43)[C@H]2O1. The summed E-state index contributed by atoms with van der Waals surface area (Å²) >= 11 is 10.3. The average Bonchev–Trinajstić information content (AvgIpc) is 3.00. The zero-order valence-corrected chi connectivity index (χ0v) is 15.1. The van der Waals surface area contributed by atoms with E-state index in [0.717, 1.165) is 20.4 Å². The molecule has 2 aliphatic heterocycles. The number of nitrogens with zero attached hydrogens (tertiary/aromatic N) is 3. The summed E-state index contributed by atoms with van der Waals surface area (Å²) in [6, 6.07) is 0. The number of halogens is 2. The number of ether oxygens (including phenoxy) is 2. The molecule has 2 saturated heterocycles. The van der Waals surface area contributed by atoms with Gasteiger partial charge >= 0.3 is 0 Å². The summed E-state index contributed by atoms with van der Waals surface area (Å²) in [5.74, 6) is 0.408. The molecule has 112 valence electrons. The molecule has 21 heavy (non-hydrogen) atoms. The van der Waals surface area contributed by atoms with Crippen LogP contribution in [0.3, 0.4) is 0 Å². The van der Waals surface area contributed by atoms with Crippen molar-refractivity contribution in [1.82, 2.24) is 14.5 Å². The van der Waals surface area contributed by atoms with Gasteiger partial charge in [-0.2, -0.15) is 0 Å². The maximum Gasteiger partial charge on any atom is 0.163 e. The smallest absolute Gasteiger partial charge is 0.163 e. The molecule has 1 unspecified atom stereocenters. The van der Waals surface area contributed by atoms with Crippen LogP contribution in [0.15, 0.2) is 12.5 Å². The Bertz CT molecular complexity index is 723. The van der Waals surface area contributed by atoms with Crippen LogP contribution in [0.2, 0.25) is 5.15 Å². The van der Waals surface area contributed by atoms with Crippen molar-refractivity contribution in [3.63, 3.8) is 0 Å². The van der Waals surface area contributed by atoms with Crippen LogP contribution < -0.4 is 0 Å². The molecule has 2 aromatic heterocycles. The third kappa shape index (κ3) is 2.28. The van der Waals surface area contributed by atoms with Crippen molar-refractivity contribution in [1.29, 1.82) is 0 Å². The van der Waals surface area contributed by atoms with E-state index in [9.17, 15) is 0 Å². The predicted molar refractivity (Wildman–Crippen MR) is 90.6 cm³/mol. The lowest BCUT2D eigenvalue weighted by Crippen LogP contribution is -2.26. The van der Waals surface area contributed by atoms with Crippen LogP contribution in [0.25, 0.3) is 11.0 Å². The summed E-state index contributed by atoms with van der Waals surface area (Å²) in [6.45, 7) is 3.92. The Morgan fingerprint density at radius 1 is 1.43 bits per heavy atom. The molecule has 0 radical (unpaired) electrons. The molecule has 2 fully saturated rings. The van der Waals surface area contributed by atoms with E-state index in [1.54, 1.807) is 0 Å². The topological polar surface area (TPSA) is 49.2 Å². The fraction of sp³-hybridized carbons (Fsp3) is 0.538. The first-order chi connectivity index (χ1) is 9.96. The number of thioether (sulfide) groups is 1. The normalized spacial score (nSPS) is 31.0. The van der Waals surface area contributed by atoms with Gasteiger partial charge in [0.25, 0.3) is 0 Å². The number of hydrogen-bond acceptors (Lipinski definition) is 5. The molecule has 0 aliphatic carbocycles. The van der Waals surface area contributed by atoms with E-state index in [-0.39, 0.29) is 17.6 Å². The van der Waals surface area contributed by atoms with Gasteiger partial charge in [0.2, 0.25) is 0 Å².